The molecule has 0 fully saturated rings. The van der Waals surface area contributed by atoms with Crippen LogP contribution in [-0.2, 0) is 0 Å². The second-order valence-electron chi connectivity index (χ2n) is 5.04. The number of halogens is 1. The average molecular weight is 328 g/mol. The third-order valence-corrected chi connectivity index (χ3v) is 3.34. The lowest BCUT2D eigenvalue weighted by atomic mass is 10.0. The Hall–Kier alpha value is -3.29. The molecule has 7 nitrogen and oxygen atoms in total. The van der Waals surface area contributed by atoms with Crippen molar-refractivity contribution in [3.05, 3.63) is 81.6 Å². The van der Waals surface area contributed by atoms with Crippen LogP contribution in [0.15, 0.2) is 51.9 Å². The van der Waals surface area contributed by atoms with Gasteiger partial charge in [-0.1, -0.05) is 23.4 Å². The van der Waals surface area contributed by atoms with Gasteiger partial charge >= 0.3 is 0 Å². The highest BCUT2D eigenvalue weighted by molar-refractivity contribution is 5.94. The number of aromatic nitrogens is 3. The fourth-order valence-corrected chi connectivity index (χ4v) is 2.19. The molecule has 0 spiro atoms. The van der Waals surface area contributed by atoms with Gasteiger partial charge in [0.2, 0.25) is 11.4 Å². The lowest BCUT2D eigenvalue weighted by molar-refractivity contribution is 0.0940. The van der Waals surface area contributed by atoms with E-state index >= 15 is 0 Å². The van der Waals surface area contributed by atoms with Crippen LogP contribution in [0, 0.1) is 12.7 Å². The Labute approximate surface area is 135 Å². The summed E-state index contributed by atoms with van der Waals surface area (Å²) >= 11 is 0. The van der Waals surface area contributed by atoms with Gasteiger partial charge in [-0.15, -0.1) is 0 Å². The molecule has 3 aromatic rings. The van der Waals surface area contributed by atoms with Crippen LogP contribution in [0.2, 0.25) is 0 Å². The van der Waals surface area contributed by atoms with Gasteiger partial charge in [0.1, 0.15) is 11.9 Å². The molecule has 0 aliphatic heterocycles. The molecule has 0 unspecified atom stereocenters. The van der Waals surface area contributed by atoms with Gasteiger partial charge in [-0.3, -0.25) is 9.59 Å². The lowest BCUT2D eigenvalue weighted by Crippen LogP contribution is -2.31. The van der Waals surface area contributed by atoms with E-state index in [1.54, 1.807) is 19.1 Å². The van der Waals surface area contributed by atoms with Crippen LogP contribution in [0.4, 0.5) is 4.39 Å². The third kappa shape index (κ3) is 3.22. The molecule has 0 radical (unpaired) electrons. The minimum Gasteiger partial charge on any atom is -0.340 e. The van der Waals surface area contributed by atoms with Gasteiger partial charge in [-0.2, -0.15) is 4.98 Å². The Kier molecular flexibility index (Phi) is 4.19. The number of rotatable bonds is 4. The van der Waals surface area contributed by atoms with Crippen LogP contribution in [0.1, 0.15) is 33.7 Å². The summed E-state index contributed by atoms with van der Waals surface area (Å²) in [6, 6.07) is 7.66. The summed E-state index contributed by atoms with van der Waals surface area (Å²) in [5.41, 5.74) is 0.0956. The van der Waals surface area contributed by atoms with Crippen molar-refractivity contribution in [1.82, 2.24) is 20.4 Å². The summed E-state index contributed by atoms with van der Waals surface area (Å²) in [5, 5.41) is 6.42. The lowest BCUT2D eigenvalue weighted by Gasteiger charge is -2.16. The Morgan fingerprint density at radius 2 is 2.08 bits per heavy atom. The Balaban J connectivity index is 1.96. The molecule has 24 heavy (non-hydrogen) atoms. The third-order valence-electron chi connectivity index (χ3n) is 3.34. The molecule has 2 aromatic heterocycles. The first-order chi connectivity index (χ1) is 11.5. The number of aromatic amines is 1. The molecule has 1 amide bonds. The topological polar surface area (TPSA) is 101 Å². The van der Waals surface area contributed by atoms with Crippen LogP contribution in [-0.4, -0.2) is 21.0 Å². The predicted octanol–water partition coefficient (Wildman–Crippen LogP) is 1.72. The summed E-state index contributed by atoms with van der Waals surface area (Å²) in [7, 11) is 0. The number of hydrogen-bond donors (Lipinski definition) is 2. The monoisotopic (exact) mass is 328 g/mol. The van der Waals surface area contributed by atoms with E-state index < -0.39 is 17.8 Å². The molecular weight excluding hydrogens is 315 g/mol. The van der Waals surface area contributed by atoms with E-state index in [0.29, 0.717) is 5.89 Å². The molecule has 0 aliphatic rings. The molecule has 122 valence electrons. The van der Waals surface area contributed by atoms with Gasteiger partial charge in [0.25, 0.3) is 5.91 Å². The number of amides is 1. The molecule has 1 aromatic carbocycles. The van der Waals surface area contributed by atoms with Gasteiger partial charge in [0.05, 0.1) is 5.56 Å². The van der Waals surface area contributed by atoms with Crippen molar-refractivity contribution >= 4 is 5.91 Å². The molecule has 0 bridgehead atoms. The van der Waals surface area contributed by atoms with Gasteiger partial charge in [0.15, 0.2) is 5.82 Å². The van der Waals surface area contributed by atoms with Gasteiger partial charge in [-0.05, 0) is 12.1 Å². The largest absolute Gasteiger partial charge is 0.340 e. The van der Waals surface area contributed by atoms with Crippen LogP contribution in [0.25, 0.3) is 0 Å². The summed E-state index contributed by atoms with van der Waals surface area (Å²) in [4.78, 5) is 30.0. The minimum absolute atomic E-state index is 0.135. The molecule has 8 heteroatoms. The molecule has 3 rings (SSSR count). The summed E-state index contributed by atoms with van der Waals surface area (Å²) in [6.07, 6.45) is 1.28. The number of nitrogens with zero attached hydrogens (tertiary/aromatic N) is 2. The summed E-state index contributed by atoms with van der Waals surface area (Å²) in [5.74, 6) is -0.589. The zero-order chi connectivity index (χ0) is 17.1. The standard InChI is InChI=1S/C16H13FN4O3/c1-9-19-15(21-24-9)14(11-4-2-3-5-12(11)17)20-16(23)10-6-7-13(22)18-8-10/h2-8,14H,1H3,(H,18,22)(H,20,23)/t14-/m0/s1. The molecule has 1 atom stereocenters. The average Bonchev–Trinajstić information content (AvgIpc) is 3.00. The van der Waals surface area contributed by atoms with Gasteiger partial charge < -0.3 is 14.8 Å². The molecular formula is C16H13FN4O3. The van der Waals surface area contributed by atoms with E-state index in [2.05, 4.69) is 20.4 Å². The Morgan fingerprint density at radius 1 is 1.29 bits per heavy atom. The normalized spacial score (nSPS) is 11.9. The second-order valence-corrected chi connectivity index (χ2v) is 5.04. The van der Waals surface area contributed by atoms with Crippen molar-refractivity contribution in [3.63, 3.8) is 0 Å². The first kappa shape index (κ1) is 15.6. The van der Waals surface area contributed by atoms with Gasteiger partial charge in [-0.25, -0.2) is 4.39 Å². The predicted molar refractivity (Wildman–Crippen MR) is 81.8 cm³/mol. The number of pyridine rings is 1. The molecule has 0 aliphatic carbocycles. The van der Waals surface area contributed by atoms with E-state index in [1.165, 1.54) is 30.5 Å². The minimum atomic E-state index is -0.928. The van der Waals surface area contributed by atoms with Crippen molar-refractivity contribution in [2.75, 3.05) is 0 Å². The highest BCUT2D eigenvalue weighted by atomic mass is 19.1. The van der Waals surface area contributed by atoms with E-state index in [-0.39, 0.29) is 22.5 Å². The second kappa shape index (κ2) is 6.45. The van der Waals surface area contributed by atoms with Crippen molar-refractivity contribution in [2.45, 2.75) is 13.0 Å². The fourth-order valence-electron chi connectivity index (χ4n) is 2.19. The number of carbonyl (C=O) groups excluding carboxylic acids is 1. The Bertz CT molecular complexity index is 914. The molecule has 2 heterocycles. The number of H-pyrrole nitrogens is 1. The molecule has 0 saturated carbocycles. The maximum atomic E-state index is 14.2. The van der Waals surface area contributed by atoms with Crippen molar-refractivity contribution in [2.24, 2.45) is 0 Å². The first-order valence-electron chi connectivity index (χ1n) is 7.09. The zero-order valence-electron chi connectivity index (χ0n) is 12.6. The highest BCUT2D eigenvalue weighted by Crippen LogP contribution is 2.22. The van der Waals surface area contributed by atoms with Crippen molar-refractivity contribution in [3.8, 4) is 0 Å². The smallest absolute Gasteiger partial charge is 0.253 e. The van der Waals surface area contributed by atoms with Crippen molar-refractivity contribution in [1.29, 1.82) is 0 Å². The van der Waals surface area contributed by atoms with Crippen LogP contribution in [0.5, 0.6) is 0 Å². The van der Waals surface area contributed by atoms with E-state index in [9.17, 15) is 14.0 Å². The number of aryl methyl sites for hydroxylation is 1. The van der Waals surface area contributed by atoms with E-state index in [1.807, 2.05) is 0 Å². The molecule has 0 saturated heterocycles. The summed E-state index contributed by atoms with van der Waals surface area (Å²) in [6.45, 7) is 1.60. The summed E-state index contributed by atoms with van der Waals surface area (Å²) < 4.78 is 19.1. The Morgan fingerprint density at radius 3 is 2.71 bits per heavy atom. The number of benzene rings is 1. The van der Waals surface area contributed by atoms with E-state index in [4.69, 9.17) is 4.52 Å². The van der Waals surface area contributed by atoms with E-state index in [0.717, 1.165) is 0 Å². The van der Waals surface area contributed by atoms with Crippen LogP contribution in [0.3, 0.4) is 0 Å². The maximum absolute atomic E-state index is 14.2. The zero-order valence-corrected chi connectivity index (χ0v) is 12.6. The maximum Gasteiger partial charge on any atom is 0.253 e. The SMILES string of the molecule is Cc1nc([C@@H](NC(=O)c2ccc(=O)[nH]c2)c2ccccc2F)no1. The molecule has 2 N–H and O–H groups in total. The highest BCUT2D eigenvalue weighted by Gasteiger charge is 2.25. The quantitative estimate of drug-likeness (QED) is 0.759. The number of hydrogen-bond acceptors (Lipinski definition) is 5. The van der Waals surface area contributed by atoms with Crippen molar-refractivity contribution < 1.29 is 13.7 Å². The number of carbonyl (C=O) groups is 1. The fraction of sp³-hybridized carbons (Fsp3) is 0.125. The van der Waals surface area contributed by atoms with Crippen LogP contribution < -0.4 is 10.9 Å². The van der Waals surface area contributed by atoms with Gasteiger partial charge in [0, 0.05) is 24.8 Å². The first-order valence-corrected chi connectivity index (χ1v) is 7.09. The number of nitrogens with one attached hydrogen (secondary N) is 2. The van der Waals surface area contributed by atoms with Crippen LogP contribution >= 0.6 is 0 Å².